The van der Waals surface area contributed by atoms with Gasteiger partial charge in [-0.3, -0.25) is 0 Å². The van der Waals surface area contributed by atoms with Crippen LogP contribution in [0.25, 0.3) is 77.2 Å². The van der Waals surface area contributed by atoms with Crippen LogP contribution in [-0.4, -0.2) is 0 Å². The second kappa shape index (κ2) is 13.4. The second-order valence-electron chi connectivity index (χ2n) is 12.7. The lowest BCUT2D eigenvalue weighted by Gasteiger charge is -2.26. The maximum atomic E-state index is 9.49. The van der Waals surface area contributed by atoms with E-state index in [0.29, 0.717) is 11.1 Å². The van der Waals surface area contributed by atoms with Crippen molar-refractivity contribution in [1.29, 1.82) is 0 Å². The zero-order chi connectivity index (χ0) is 47.2. The normalized spacial score (nSPS) is 14.7. The summed E-state index contributed by atoms with van der Waals surface area (Å²) in [6.07, 6.45) is 0. The Kier molecular flexibility index (Phi) is 5.17. The van der Waals surface area contributed by atoms with Crippen LogP contribution in [0.2, 0.25) is 0 Å². The zero-order valence-corrected chi connectivity index (χ0v) is 28.6. The Balaban J connectivity index is 1.18. The van der Waals surface area contributed by atoms with Gasteiger partial charge in [0.15, 0.2) is 0 Å². The maximum Gasteiger partial charge on any atom is 0.143 e. The van der Waals surface area contributed by atoms with Gasteiger partial charge in [-0.25, -0.2) is 0 Å². The summed E-state index contributed by atoms with van der Waals surface area (Å²) in [4.78, 5) is 1.17. The zero-order valence-electron chi connectivity index (χ0n) is 41.6. The van der Waals surface area contributed by atoms with Gasteiger partial charge in [0.1, 0.15) is 11.2 Å². The largest absolute Gasteiger partial charge is 0.455 e. The third kappa shape index (κ3) is 5.71. The number of furan rings is 1. The first-order valence-corrected chi connectivity index (χ1v) is 17.4. The molecule has 10 rings (SSSR count). The number of benzene rings is 9. The van der Waals surface area contributed by atoms with E-state index in [2.05, 4.69) is 0 Å². The highest BCUT2D eigenvalue weighted by Gasteiger charge is 2.17. The fourth-order valence-corrected chi connectivity index (χ4v) is 6.89. The van der Waals surface area contributed by atoms with Crippen molar-refractivity contribution >= 4 is 49.8 Å². The summed E-state index contributed by atoms with van der Waals surface area (Å²) in [7, 11) is 0. The predicted molar refractivity (Wildman–Crippen MR) is 228 cm³/mol. The van der Waals surface area contributed by atoms with E-state index < -0.39 is 95.4 Å². The molecular formula is C52H35NO. The molecule has 1 heterocycles. The molecule has 254 valence electrons. The van der Waals surface area contributed by atoms with Crippen molar-refractivity contribution < 1.29 is 22.2 Å². The van der Waals surface area contributed by atoms with E-state index >= 15 is 0 Å². The van der Waals surface area contributed by atoms with Gasteiger partial charge in [-0.2, -0.15) is 0 Å². The molecule has 0 aliphatic rings. The van der Waals surface area contributed by atoms with E-state index in [-0.39, 0.29) is 16.9 Å². The Morgan fingerprint density at radius 2 is 0.944 bits per heavy atom. The van der Waals surface area contributed by atoms with Gasteiger partial charge in [0.25, 0.3) is 0 Å². The summed E-state index contributed by atoms with van der Waals surface area (Å²) < 4.78 is 123. The molecule has 0 bridgehead atoms. The monoisotopic (exact) mass is 702 g/mol. The molecule has 0 atom stereocenters. The van der Waals surface area contributed by atoms with E-state index in [4.69, 9.17) is 11.3 Å². The summed E-state index contributed by atoms with van der Waals surface area (Å²) in [5.74, 6) is 0. The van der Waals surface area contributed by atoms with Gasteiger partial charge in [0.05, 0.1) is 17.8 Å². The number of anilines is 3. The van der Waals surface area contributed by atoms with Crippen LogP contribution in [0, 0.1) is 0 Å². The SMILES string of the molecule is [2H]c1c([2H])c([2H])c(-c2c([2H])c([2H])c(N(c3ccc(-c4cccc5oc6c7ccccc7ccc6c45)cc3)c3c([2H])c([2H])c(-c4ccc(-c5ccccc5)cc4)c([2H])c3[2H])c([2H])c2[2H])c([2H])c1[2H]. The minimum Gasteiger partial charge on any atom is -0.455 e. The lowest BCUT2D eigenvalue weighted by atomic mass is 9.97. The third-order valence-electron chi connectivity index (χ3n) is 9.53. The van der Waals surface area contributed by atoms with Gasteiger partial charge in [0.2, 0.25) is 0 Å². The molecule has 0 amide bonds. The molecule has 2 nitrogen and oxygen atoms in total. The van der Waals surface area contributed by atoms with Crippen LogP contribution < -0.4 is 4.90 Å². The van der Waals surface area contributed by atoms with Crippen LogP contribution in [0.1, 0.15) is 17.8 Å². The summed E-state index contributed by atoms with van der Waals surface area (Å²) in [6, 6.07) is 32.9. The van der Waals surface area contributed by atoms with Crippen molar-refractivity contribution in [3.8, 4) is 44.5 Å². The molecule has 9 aromatic carbocycles. The van der Waals surface area contributed by atoms with E-state index in [1.165, 1.54) is 4.90 Å². The molecule has 0 saturated carbocycles. The fraction of sp³-hybridized carbons (Fsp3) is 0. The summed E-state index contributed by atoms with van der Waals surface area (Å²) in [5.41, 5.74) is 3.51. The van der Waals surface area contributed by atoms with Crippen LogP contribution in [0.15, 0.2) is 216 Å². The van der Waals surface area contributed by atoms with Crippen LogP contribution in [-0.2, 0) is 0 Å². The molecule has 54 heavy (non-hydrogen) atoms. The third-order valence-corrected chi connectivity index (χ3v) is 9.53. The first-order chi connectivity index (χ1) is 32.2. The standard InChI is InChI=1S/C52H35NO/c1-3-10-36(11-4-1)38-18-20-39(21-19-38)41-24-31-45(32-25-41)53(44-29-22-40(23-30-44)37-12-5-2-6-13-37)46-33-26-43(27-34-46)47-16-9-17-50-51(47)49-35-28-42-14-7-8-15-48(42)52(49)54-50/h1-35H/i2D,5D,6D,12D,13D,22D,23D,24D,25D,29D,30D,31D,32D. The first-order valence-electron chi connectivity index (χ1n) is 23.9. The molecule has 0 N–H and O–H groups in total. The summed E-state index contributed by atoms with van der Waals surface area (Å²) >= 11 is 0. The molecule has 0 fully saturated rings. The van der Waals surface area contributed by atoms with Crippen LogP contribution in [0.3, 0.4) is 0 Å². The summed E-state index contributed by atoms with van der Waals surface area (Å²) in [6.45, 7) is 0. The number of rotatable bonds is 7. The fourth-order valence-electron chi connectivity index (χ4n) is 6.89. The molecule has 0 aliphatic carbocycles. The van der Waals surface area contributed by atoms with Crippen molar-refractivity contribution in [2.45, 2.75) is 0 Å². The summed E-state index contributed by atoms with van der Waals surface area (Å²) in [5, 5.41) is 3.75. The van der Waals surface area contributed by atoms with Gasteiger partial charge in [0, 0.05) is 33.2 Å². The number of fused-ring (bicyclic) bond motifs is 5. The Labute approximate surface area is 333 Å². The maximum absolute atomic E-state index is 9.49. The highest BCUT2D eigenvalue weighted by molar-refractivity contribution is 6.19. The predicted octanol–water partition coefficient (Wildman–Crippen LogP) is 14.9. The van der Waals surface area contributed by atoms with Crippen molar-refractivity contribution in [3.05, 3.63) is 212 Å². The van der Waals surface area contributed by atoms with Crippen LogP contribution in [0.5, 0.6) is 0 Å². The number of hydrogen-bond donors (Lipinski definition) is 0. The van der Waals surface area contributed by atoms with Gasteiger partial charge >= 0.3 is 0 Å². The molecule has 0 saturated heterocycles. The molecule has 0 unspecified atom stereocenters. The highest BCUT2D eigenvalue weighted by atomic mass is 16.3. The minimum absolute atomic E-state index is 0.0120. The van der Waals surface area contributed by atoms with Crippen molar-refractivity contribution in [2.24, 2.45) is 0 Å². The van der Waals surface area contributed by atoms with E-state index in [9.17, 15) is 11.0 Å². The Morgan fingerprint density at radius 1 is 0.370 bits per heavy atom. The van der Waals surface area contributed by atoms with Crippen molar-refractivity contribution in [1.82, 2.24) is 0 Å². The average Bonchev–Trinajstić information content (AvgIpc) is 3.75. The first kappa shape index (κ1) is 20.8. The molecule has 10 aromatic rings. The van der Waals surface area contributed by atoms with E-state index in [1.807, 2.05) is 97.1 Å². The minimum atomic E-state index is -0.743. The van der Waals surface area contributed by atoms with Gasteiger partial charge < -0.3 is 9.32 Å². The van der Waals surface area contributed by atoms with E-state index in [0.717, 1.165) is 49.4 Å². The Hall–Kier alpha value is -7.16. The Bertz CT molecular complexity index is 3580. The molecule has 2 heteroatoms. The van der Waals surface area contributed by atoms with E-state index in [1.54, 1.807) is 36.4 Å². The second-order valence-corrected chi connectivity index (χ2v) is 12.7. The molecular weight excluding hydrogens is 655 g/mol. The molecule has 0 aliphatic heterocycles. The molecule has 1 aromatic heterocycles. The van der Waals surface area contributed by atoms with Crippen LogP contribution >= 0.6 is 0 Å². The smallest absolute Gasteiger partial charge is 0.143 e. The topological polar surface area (TPSA) is 16.4 Å². The number of nitrogens with zero attached hydrogens (tertiary/aromatic N) is 1. The lowest BCUT2D eigenvalue weighted by molar-refractivity contribution is 0.673. The highest BCUT2D eigenvalue weighted by Crippen LogP contribution is 2.42. The quantitative estimate of drug-likeness (QED) is 0.164. The van der Waals surface area contributed by atoms with Crippen molar-refractivity contribution in [2.75, 3.05) is 4.90 Å². The lowest BCUT2D eigenvalue weighted by Crippen LogP contribution is -2.09. The van der Waals surface area contributed by atoms with Gasteiger partial charge in [-0.15, -0.1) is 0 Å². The van der Waals surface area contributed by atoms with Crippen LogP contribution in [0.4, 0.5) is 17.1 Å². The van der Waals surface area contributed by atoms with Crippen molar-refractivity contribution in [3.63, 3.8) is 0 Å². The van der Waals surface area contributed by atoms with Gasteiger partial charge in [-0.05, 0) is 98.3 Å². The molecule has 0 spiro atoms. The average molecular weight is 703 g/mol. The Morgan fingerprint density at radius 3 is 1.65 bits per heavy atom. The number of hydrogen-bond acceptors (Lipinski definition) is 2. The van der Waals surface area contributed by atoms with Gasteiger partial charge in [-0.1, -0.05) is 164 Å². The molecule has 0 radical (unpaired) electrons.